The minimum absolute atomic E-state index is 0.0000770. The van der Waals surface area contributed by atoms with Gasteiger partial charge in [-0.25, -0.2) is 0 Å². The fourth-order valence-electron chi connectivity index (χ4n) is 1.91. The monoisotopic (exact) mass is 265 g/mol. The first-order chi connectivity index (χ1) is 9.06. The van der Waals surface area contributed by atoms with Crippen molar-refractivity contribution in [1.82, 2.24) is 0 Å². The van der Waals surface area contributed by atoms with Crippen molar-refractivity contribution in [3.8, 4) is 23.0 Å². The zero-order valence-corrected chi connectivity index (χ0v) is 10.3. The molecule has 0 amide bonds. The van der Waals surface area contributed by atoms with E-state index in [2.05, 4.69) is 5.32 Å². The van der Waals surface area contributed by atoms with Gasteiger partial charge in [0.25, 0.3) is 0 Å². The second-order valence-corrected chi connectivity index (χ2v) is 4.07. The summed E-state index contributed by atoms with van der Waals surface area (Å²) in [6.07, 6.45) is 0. The summed E-state index contributed by atoms with van der Waals surface area (Å²) in [5.41, 5.74) is 0.253. The Morgan fingerprint density at radius 2 is 1.63 bits per heavy atom. The molecular weight excluding hydrogens is 250 g/mol. The van der Waals surface area contributed by atoms with Gasteiger partial charge in [0.1, 0.15) is 17.2 Å². The lowest BCUT2D eigenvalue weighted by atomic mass is 10.0. The number of aromatic hydroxyl groups is 4. The minimum Gasteiger partial charge on any atom is -0.507 e. The lowest BCUT2D eigenvalue weighted by molar-refractivity contribution is 0.210. The molecule has 0 fully saturated rings. The van der Waals surface area contributed by atoms with Crippen molar-refractivity contribution < 1.29 is 25.2 Å². The molecular formula is C13H15NO5. The second-order valence-electron chi connectivity index (χ2n) is 4.07. The van der Waals surface area contributed by atoms with Crippen LogP contribution in [0.15, 0.2) is 18.2 Å². The van der Waals surface area contributed by atoms with Crippen LogP contribution in [0.2, 0.25) is 0 Å². The molecule has 0 saturated carbocycles. The molecule has 0 saturated heterocycles. The molecule has 0 aliphatic carbocycles. The van der Waals surface area contributed by atoms with Gasteiger partial charge in [-0.1, -0.05) is 0 Å². The Labute approximate surface area is 109 Å². The van der Waals surface area contributed by atoms with Gasteiger partial charge in [0.2, 0.25) is 0 Å². The topological polar surface area (TPSA) is 102 Å². The molecule has 19 heavy (non-hydrogen) atoms. The van der Waals surface area contributed by atoms with Crippen molar-refractivity contribution in [3.63, 3.8) is 0 Å². The molecule has 0 aliphatic rings. The van der Waals surface area contributed by atoms with Crippen molar-refractivity contribution in [2.24, 2.45) is 0 Å². The third-order valence-electron chi connectivity index (χ3n) is 2.81. The number of ether oxygens (including phenoxy) is 1. The number of phenols is 4. The van der Waals surface area contributed by atoms with E-state index in [0.29, 0.717) is 13.2 Å². The van der Waals surface area contributed by atoms with Crippen LogP contribution >= 0.6 is 0 Å². The van der Waals surface area contributed by atoms with E-state index in [-0.39, 0.29) is 39.5 Å². The van der Waals surface area contributed by atoms with E-state index in [1.54, 1.807) is 7.11 Å². The van der Waals surface area contributed by atoms with Crippen LogP contribution in [0.1, 0.15) is 0 Å². The Morgan fingerprint density at radius 1 is 1.00 bits per heavy atom. The van der Waals surface area contributed by atoms with Gasteiger partial charge in [-0.15, -0.1) is 0 Å². The van der Waals surface area contributed by atoms with Gasteiger partial charge in [-0.3, -0.25) is 0 Å². The van der Waals surface area contributed by atoms with Crippen LogP contribution in [-0.2, 0) is 4.74 Å². The first kappa shape index (κ1) is 13.1. The fourth-order valence-corrected chi connectivity index (χ4v) is 1.91. The van der Waals surface area contributed by atoms with Crippen molar-refractivity contribution in [2.45, 2.75) is 0 Å². The molecule has 0 radical (unpaired) electrons. The summed E-state index contributed by atoms with van der Waals surface area (Å²) in [4.78, 5) is 0. The van der Waals surface area contributed by atoms with Crippen molar-refractivity contribution in [1.29, 1.82) is 0 Å². The molecule has 6 nitrogen and oxygen atoms in total. The number of hydrogen-bond acceptors (Lipinski definition) is 6. The largest absolute Gasteiger partial charge is 0.507 e. The smallest absolute Gasteiger partial charge is 0.150 e. The summed E-state index contributed by atoms with van der Waals surface area (Å²) in [7, 11) is 1.54. The van der Waals surface area contributed by atoms with E-state index in [9.17, 15) is 20.4 Å². The van der Waals surface area contributed by atoms with Gasteiger partial charge in [-0.05, 0) is 12.1 Å². The van der Waals surface area contributed by atoms with Crippen LogP contribution in [0, 0.1) is 0 Å². The highest BCUT2D eigenvalue weighted by molar-refractivity contribution is 6.04. The van der Waals surface area contributed by atoms with E-state index in [1.165, 1.54) is 18.2 Å². The van der Waals surface area contributed by atoms with Crippen LogP contribution in [0.3, 0.4) is 0 Å². The Kier molecular flexibility index (Phi) is 3.52. The fraction of sp³-hybridized carbons (Fsp3) is 0.231. The maximum absolute atomic E-state index is 10.1. The molecule has 0 aromatic heterocycles. The number of rotatable bonds is 4. The van der Waals surface area contributed by atoms with Crippen molar-refractivity contribution in [3.05, 3.63) is 18.2 Å². The first-order valence-corrected chi connectivity index (χ1v) is 5.68. The van der Waals surface area contributed by atoms with Gasteiger partial charge in [0.05, 0.1) is 23.1 Å². The highest BCUT2D eigenvalue weighted by atomic mass is 16.5. The molecule has 0 aliphatic heterocycles. The minimum atomic E-state index is -0.239. The molecule has 0 heterocycles. The van der Waals surface area contributed by atoms with Crippen LogP contribution < -0.4 is 5.32 Å². The van der Waals surface area contributed by atoms with Gasteiger partial charge >= 0.3 is 0 Å². The summed E-state index contributed by atoms with van der Waals surface area (Å²) >= 11 is 0. The Hall–Kier alpha value is -2.34. The molecule has 0 atom stereocenters. The highest BCUT2D eigenvalue weighted by Gasteiger charge is 2.17. The third-order valence-corrected chi connectivity index (χ3v) is 2.81. The summed E-state index contributed by atoms with van der Waals surface area (Å²) in [6, 6.07) is 3.77. The van der Waals surface area contributed by atoms with E-state index in [4.69, 9.17) is 4.74 Å². The number of methoxy groups -OCH3 is 1. The zero-order valence-electron chi connectivity index (χ0n) is 10.3. The van der Waals surface area contributed by atoms with E-state index < -0.39 is 0 Å². The van der Waals surface area contributed by atoms with Gasteiger partial charge in [0.15, 0.2) is 5.75 Å². The van der Waals surface area contributed by atoms with E-state index in [0.717, 1.165) is 0 Å². The lowest BCUT2D eigenvalue weighted by Gasteiger charge is -2.13. The molecule has 2 aromatic rings. The molecule has 2 rings (SSSR count). The summed E-state index contributed by atoms with van der Waals surface area (Å²) in [5.74, 6) is -0.918. The van der Waals surface area contributed by atoms with Crippen LogP contribution in [-0.4, -0.2) is 40.7 Å². The quantitative estimate of drug-likeness (QED) is 0.328. The molecule has 6 heteroatoms. The average Bonchev–Trinajstić information content (AvgIpc) is 2.38. The Bertz CT molecular complexity index is 612. The van der Waals surface area contributed by atoms with Gasteiger partial charge < -0.3 is 30.5 Å². The zero-order chi connectivity index (χ0) is 14.0. The van der Waals surface area contributed by atoms with Crippen LogP contribution in [0.4, 0.5) is 5.69 Å². The summed E-state index contributed by atoms with van der Waals surface area (Å²) in [6.45, 7) is 0.846. The Morgan fingerprint density at radius 3 is 2.26 bits per heavy atom. The predicted molar refractivity (Wildman–Crippen MR) is 71.0 cm³/mol. The maximum Gasteiger partial charge on any atom is 0.150 e. The lowest BCUT2D eigenvalue weighted by Crippen LogP contribution is -2.07. The van der Waals surface area contributed by atoms with E-state index >= 15 is 0 Å². The molecule has 102 valence electrons. The molecule has 0 bridgehead atoms. The highest BCUT2D eigenvalue weighted by Crippen LogP contribution is 2.46. The summed E-state index contributed by atoms with van der Waals surface area (Å²) in [5, 5.41) is 42.3. The number of hydrogen-bond donors (Lipinski definition) is 5. The number of anilines is 1. The predicted octanol–water partition coefficient (Wildman–Crippen LogP) is 1.72. The Balaban J connectivity index is 2.58. The second kappa shape index (κ2) is 5.11. The molecule has 0 unspecified atom stereocenters. The standard InChI is InChI=1S/C13H15NO5/c1-19-5-4-14-7-6-10(17)11-8(15)2-3-9(16)12(11)13(7)18/h2-3,6,14-18H,4-5H2,1H3. The van der Waals surface area contributed by atoms with Crippen LogP contribution in [0.25, 0.3) is 10.8 Å². The molecule has 2 aromatic carbocycles. The van der Waals surface area contributed by atoms with Crippen molar-refractivity contribution in [2.75, 3.05) is 25.6 Å². The number of benzene rings is 2. The number of phenolic OH excluding ortho intramolecular Hbond substituents is 4. The van der Waals surface area contributed by atoms with E-state index in [1.807, 2.05) is 0 Å². The average molecular weight is 265 g/mol. The first-order valence-electron chi connectivity index (χ1n) is 5.68. The number of nitrogens with one attached hydrogen (secondary N) is 1. The van der Waals surface area contributed by atoms with Gasteiger partial charge in [-0.2, -0.15) is 0 Å². The maximum atomic E-state index is 10.1. The normalized spacial score (nSPS) is 10.8. The third kappa shape index (κ3) is 2.30. The number of fused-ring (bicyclic) bond motifs is 1. The SMILES string of the molecule is COCCNc1cc(O)c2c(O)ccc(O)c2c1O. The molecule has 5 N–H and O–H groups in total. The van der Waals surface area contributed by atoms with Gasteiger partial charge in [0, 0.05) is 19.7 Å². The van der Waals surface area contributed by atoms with Crippen molar-refractivity contribution >= 4 is 16.5 Å². The van der Waals surface area contributed by atoms with Crippen LogP contribution in [0.5, 0.6) is 23.0 Å². The summed E-state index contributed by atoms with van der Waals surface area (Å²) < 4.78 is 4.87. The molecule has 0 spiro atoms.